The summed E-state index contributed by atoms with van der Waals surface area (Å²) in [7, 11) is 0. The zero-order chi connectivity index (χ0) is 12.5. The fraction of sp³-hybridized carbons (Fsp3) is 0.375. The van der Waals surface area contributed by atoms with Gasteiger partial charge in [-0.05, 0) is 6.07 Å². The van der Waals surface area contributed by atoms with Gasteiger partial charge < -0.3 is 5.73 Å². The minimum Gasteiger partial charge on any atom is -0.397 e. The van der Waals surface area contributed by atoms with E-state index in [1.165, 1.54) is 0 Å². The first-order valence-electron chi connectivity index (χ1n) is 3.98. The van der Waals surface area contributed by atoms with Crippen LogP contribution in [0.4, 0.5) is 27.6 Å². The third kappa shape index (κ3) is 2.60. The van der Waals surface area contributed by atoms with Crippen LogP contribution in [0.25, 0.3) is 0 Å². The number of hydrogen-bond acceptors (Lipinski definition) is 2. The molecule has 0 spiro atoms. The molecule has 0 aliphatic rings. The first-order valence-corrected chi connectivity index (χ1v) is 5.10. The second-order valence-electron chi connectivity index (χ2n) is 2.89. The van der Waals surface area contributed by atoms with Gasteiger partial charge in [-0.25, -0.2) is 13.8 Å². The molecule has 0 bridgehead atoms. The van der Waals surface area contributed by atoms with E-state index in [0.717, 1.165) is 0 Å². The molecule has 0 aliphatic carbocycles. The fourth-order valence-electron chi connectivity index (χ4n) is 1.08. The number of nitrogens with zero attached hydrogens (tertiary/aromatic N) is 1. The van der Waals surface area contributed by atoms with Crippen molar-refractivity contribution in [3.05, 3.63) is 23.0 Å². The number of anilines is 1. The summed E-state index contributed by atoms with van der Waals surface area (Å²) in [6.45, 7) is 0. The van der Waals surface area contributed by atoms with Gasteiger partial charge in [0.25, 0.3) is 6.43 Å². The molecule has 2 N–H and O–H groups in total. The first-order chi connectivity index (χ1) is 7.27. The Bertz CT molecular complexity index is 391. The van der Waals surface area contributed by atoms with Crippen molar-refractivity contribution in [2.24, 2.45) is 0 Å². The van der Waals surface area contributed by atoms with Crippen LogP contribution < -0.4 is 5.73 Å². The van der Waals surface area contributed by atoms with Gasteiger partial charge in [0.1, 0.15) is 5.69 Å². The van der Waals surface area contributed by atoms with Crippen LogP contribution in [0.3, 0.4) is 0 Å². The van der Waals surface area contributed by atoms with E-state index < -0.39 is 23.9 Å². The highest BCUT2D eigenvalue weighted by Crippen LogP contribution is 2.37. The van der Waals surface area contributed by atoms with Crippen molar-refractivity contribution in [3.63, 3.8) is 0 Å². The van der Waals surface area contributed by atoms with Crippen molar-refractivity contribution in [2.75, 3.05) is 5.73 Å². The van der Waals surface area contributed by atoms with Crippen LogP contribution >= 0.6 is 15.9 Å². The largest absolute Gasteiger partial charge is 0.418 e. The van der Waals surface area contributed by atoms with Crippen LogP contribution in [0.5, 0.6) is 0 Å². The number of alkyl halides is 6. The molecule has 1 heterocycles. The van der Waals surface area contributed by atoms with Crippen LogP contribution in [0.2, 0.25) is 0 Å². The molecule has 0 saturated heterocycles. The van der Waals surface area contributed by atoms with Gasteiger partial charge in [-0.15, -0.1) is 0 Å². The van der Waals surface area contributed by atoms with E-state index >= 15 is 0 Å². The minimum absolute atomic E-state index is 0.0106. The highest BCUT2D eigenvalue weighted by Gasteiger charge is 2.37. The van der Waals surface area contributed by atoms with Gasteiger partial charge in [-0.1, -0.05) is 15.9 Å². The molecule has 0 unspecified atom stereocenters. The van der Waals surface area contributed by atoms with Gasteiger partial charge >= 0.3 is 6.18 Å². The van der Waals surface area contributed by atoms with E-state index in [9.17, 15) is 22.0 Å². The molecule has 0 atom stereocenters. The maximum atomic E-state index is 12.4. The monoisotopic (exact) mass is 304 g/mol. The Morgan fingerprint density at radius 3 is 2.31 bits per heavy atom. The Morgan fingerprint density at radius 1 is 1.38 bits per heavy atom. The molecule has 0 amide bonds. The summed E-state index contributed by atoms with van der Waals surface area (Å²) in [5, 5.41) is 0.0106. The van der Waals surface area contributed by atoms with Crippen LogP contribution in [0.15, 0.2) is 6.07 Å². The standard InChI is InChI=1S/C8H6BrF5N2/c9-2-5-4(15)1-3(8(12,13)14)6(16-5)7(10)11/h1,7H,2,15H2. The van der Waals surface area contributed by atoms with Gasteiger partial charge in [0.15, 0.2) is 0 Å². The molecule has 0 saturated carbocycles. The van der Waals surface area contributed by atoms with Crippen molar-refractivity contribution in [1.29, 1.82) is 0 Å². The van der Waals surface area contributed by atoms with Gasteiger partial charge in [-0.2, -0.15) is 13.2 Å². The molecule has 1 rings (SSSR count). The second-order valence-corrected chi connectivity index (χ2v) is 3.45. The number of nitrogens with two attached hydrogens (primary N) is 1. The van der Waals surface area contributed by atoms with Gasteiger partial charge in [0, 0.05) is 5.33 Å². The van der Waals surface area contributed by atoms with E-state index in [0.29, 0.717) is 6.07 Å². The molecule has 1 aromatic rings. The predicted molar refractivity (Wildman–Crippen MR) is 51.2 cm³/mol. The van der Waals surface area contributed by atoms with Crippen LogP contribution in [-0.4, -0.2) is 4.98 Å². The number of hydrogen-bond donors (Lipinski definition) is 1. The topological polar surface area (TPSA) is 38.9 Å². The lowest BCUT2D eigenvalue weighted by Crippen LogP contribution is -2.14. The third-order valence-electron chi connectivity index (χ3n) is 1.80. The SMILES string of the molecule is Nc1cc(C(F)(F)F)c(C(F)F)nc1CBr. The van der Waals surface area contributed by atoms with E-state index in [-0.39, 0.29) is 16.7 Å². The predicted octanol–water partition coefficient (Wildman–Crippen LogP) is 3.52. The van der Waals surface area contributed by atoms with Crippen LogP contribution in [0.1, 0.15) is 23.4 Å². The van der Waals surface area contributed by atoms with Gasteiger partial charge in [-0.3, -0.25) is 0 Å². The molecule has 90 valence electrons. The normalized spacial score (nSPS) is 12.2. The molecule has 16 heavy (non-hydrogen) atoms. The van der Waals surface area contributed by atoms with E-state index in [1.807, 2.05) is 0 Å². The van der Waals surface area contributed by atoms with E-state index in [1.54, 1.807) is 0 Å². The average molecular weight is 305 g/mol. The van der Waals surface area contributed by atoms with Gasteiger partial charge in [0.2, 0.25) is 0 Å². The minimum atomic E-state index is -4.89. The Labute approximate surface area is 95.8 Å². The highest BCUT2D eigenvalue weighted by molar-refractivity contribution is 9.08. The highest BCUT2D eigenvalue weighted by atomic mass is 79.9. The number of nitrogen functional groups attached to an aromatic ring is 1. The van der Waals surface area contributed by atoms with Crippen molar-refractivity contribution < 1.29 is 22.0 Å². The summed E-state index contributed by atoms with van der Waals surface area (Å²) in [4.78, 5) is 3.21. The summed E-state index contributed by atoms with van der Waals surface area (Å²) < 4.78 is 61.9. The smallest absolute Gasteiger partial charge is 0.397 e. The zero-order valence-corrected chi connectivity index (χ0v) is 9.24. The van der Waals surface area contributed by atoms with Crippen molar-refractivity contribution in [1.82, 2.24) is 4.98 Å². The zero-order valence-electron chi connectivity index (χ0n) is 7.65. The molecular formula is C8H6BrF5N2. The molecule has 0 radical (unpaired) electrons. The Morgan fingerprint density at radius 2 is 1.94 bits per heavy atom. The summed E-state index contributed by atoms with van der Waals surface area (Å²) in [5.41, 5.74) is 2.16. The number of pyridine rings is 1. The van der Waals surface area contributed by atoms with Crippen molar-refractivity contribution in [3.8, 4) is 0 Å². The van der Waals surface area contributed by atoms with E-state index in [2.05, 4.69) is 20.9 Å². The number of rotatable bonds is 2. The lowest BCUT2D eigenvalue weighted by atomic mass is 10.1. The molecule has 1 aromatic heterocycles. The fourth-order valence-corrected chi connectivity index (χ4v) is 1.53. The second kappa shape index (κ2) is 4.52. The molecule has 0 aliphatic heterocycles. The molecule has 0 aromatic carbocycles. The molecule has 2 nitrogen and oxygen atoms in total. The maximum Gasteiger partial charge on any atom is 0.418 e. The summed E-state index contributed by atoms with van der Waals surface area (Å²) in [6.07, 6.45) is -8.19. The van der Waals surface area contributed by atoms with Crippen molar-refractivity contribution >= 4 is 21.6 Å². The van der Waals surface area contributed by atoms with Crippen LogP contribution in [0, 0.1) is 0 Å². The quantitative estimate of drug-likeness (QED) is 0.671. The lowest BCUT2D eigenvalue weighted by Gasteiger charge is -2.14. The maximum absolute atomic E-state index is 12.4. The summed E-state index contributed by atoms with van der Waals surface area (Å²) in [5.74, 6) is 0. The Kier molecular flexibility index (Phi) is 3.72. The molecule has 0 fully saturated rings. The molecular weight excluding hydrogens is 299 g/mol. The first kappa shape index (κ1) is 13.1. The Hall–Kier alpha value is -0.920. The lowest BCUT2D eigenvalue weighted by molar-refractivity contribution is -0.139. The summed E-state index contributed by atoms with van der Waals surface area (Å²) >= 11 is 2.90. The third-order valence-corrected chi connectivity index (χ3v) is 2.33. The van der Waals surface area contributed by atoms with Crippen molar-refractivity contribution in [2.45, 2.75) is 17.9 Å². The number of aromatic nitrogens is 1. The van der Waals surface area contributed by atoms with Gasteiger partial charge in [0.05, 0.1) is 16.9 Å². The average Bonchev–Trinajstić information content (AvgIpc) is 2.15. The summed E-state index contributed by atoms with van der Waals surface area (Å²) in [6, 6.07) is 0.477. The number of halogens is 6. The van der Waals surface area contributed by atoms with E-state index in [4.69, 9.17) is 5.73 Å². The Balaban J connectivity index is 3.42. The van der Waals surface area contributed by atoms with Crippen LogP contribution in [-0.2, 0) is 11.5 Å². The molecule has 8 heteroatoms.